The minimum absolute atomic E-state index is 0.0777. The van der Waals surface area contributed by atoms with Gasteiger partial charge in [-0.25, -0.2) is 4.79 Å². The number of hydrogen-bond donors (Lipinski definition) is 3. The number of nitrogens with one attached hydrogen (secondary N) is 1. The lowest BCUT2D eigenvalue weighted by Gasteiger charge is -2.13. The largest absolute Gasteiger partial charge is 0.482 e. The fourth-order valence-corrected chi connectivity index (χ4v) is 1.37. The van der Waals surface area contributed by atoms with Gasteiger partial charge in [-0.1, -0.05) is 6.92 Å². The predicted octanol–water partition coefficient (Wildman–Crippen LogP) is 1.26. The smallest absolute Gasteiger partial charge is 0.335 e. The third-order valence-corrected chi connectivity index (χ3v) is 2.64. The van der Waals surface area contributed by atoms with Crippen LogP contribution in [0.4, 0.5) is 5.69 Å². The average molecular weight is 266 g/mol. The van der Waals surface area contributed by atoms with E-state index < -0.39 is 5.97 Å². The van der Waals surface area contributed by atoms with E-state index >= 15 is 0 Å². The molecule has 1 amide bonds. The van der Waals surface area contributed by atoms with Crippen LogP contribution in [0.2, 0.25) is 0 Å². The van der Waals surface area contributed by atoms with Gasteiger partial charge in [0, 0.05) is 6.04 Å². The monoisotopic (exact) mass is 266 g/mol. The maximum absolute atomic E-state index is 11.5. The number of anilines is 1. The Labute approximate surface area is 111 Å². The van der Waals surface area contributed by atoms with E-state index in [0.717, 1.165) is 6.42 Å². The van der Waals surface area contributed by atoms with E-state index in [-0.39, 0.29) is 29.8 Å². The van der Waals surface area contributed by atoms with Crippen LogP contribution in [0.5, 0.6) is 5.75 Å². The topological polar surface area (TPSA) is 102 Å². The van der Waals surface area contributed by atoms with Crippen molar-refractivity contribution in [2.24, 2.45) is 0 Å². The SMILES string of the molecule is CCC(C)NC(=O)COc1ccc(C(=O)O)cc1N. The summed E-state index contributed by atoms with van der Waals surface area (Å²) in [6, 6.07) is 4.20. The Hall–Kier alpha value is -2.24. The summed E-state index contributed by atoms with van der Waals surface area (Å²) in [6.45, 7) is 3.71. The van der Waals surface area contributed by atoms with Crippen molar-refractivity contribution in [3.63, 3.8) is 0 Å². The van der Waals surface area contributed by atoms with Crippen LogP contribution in [-0.2, 0) is 4.79 Å². The van der Waals surface area contributed by atoms with Gasteiger partial charge in [0.25, 0.3) is 5.91 Å². The number of nitrogens with two attached hydrogens (primary N) is 1. The molecule has 6 nitrogen and oxygen atoms in total. The van der Waals surface area contributed by atoms with Gasteiger partial charge in [0.1, 0.15) is 5.75 Å². The number of benzene rings is 1. The molecule has 0 aromatic heterocycles. The average Bonchev–Trinajstić information content (AvgIpc) is 2.36. The first-order valence-corrected chi connectivity index (χ1v) is 5.99. The molecule has 1 unspecified atom stereocenters. The molecule has 0 saturated carbocycles. The molecule has 0 saturated heterocycles. The molecule has 0 aliphatic heterocycles. The molecule has 6 heteroatoms. The van der Waals surface area contributed by atoms with Crippen LogP contribution in [0.15, 0.2) is 18.2 Å². The number of hydrogen-bond acceptors (Lipinski definition) is 4. The van der Waals surface area contributed by atoms with Gasteiger partial charge in [-0.2, -0.15) is 0 Å². The van der Waals surface area contributed by atoms with Gasteiger partial charge in [-0.15, -0.1) is 0 Å². The molecular formula is C13H18N2O4. The van der Waals surface area contributed by atoms with E-state index in [1.807, 2.05) is 13.8 Å². The van der Waals surface area contributed by atoms with E-state index in [9.17, 15) is 9.59 Å². The first kappa shape index (κ1) is 14.8. The number of ether oxygens (including phenoxy) is 1. The molecule has 1 aromatic carbocycles. The molecule has 0 fully saturated rings. The van der Waals surface area contributed by atoms with E-state index in [1.54, 1.807) is 0 Å². The van der Waals surface area contributed by atoms with E-state index in [2.05, 4.69) is 5.32 Å². The van der Waals surface area contributed by atoms with Gasteiger partial charge < -0.3 is 20.9 Å². The fraction of sp³-hybridized carbons (Fsp3) is 0.385. The van der Waals surface area contributed by atoms with Gasteiger partial charge in [-0.3, -0.25) is 4.79 Å². The number of carboxylic acids is 1. The van der Waals surface area contributed by atoms with Crippen molar-refractivity contribution < 1.29 is 19.4 Å². The highest BCUT2D eigenvalue weighted by molar-refractivity contribution is 5.89. The lowest BCUT2D eigenvalue weighted by Crippen LogP contribution is -2.35. The molecule has 0 aliphatic rings. The van der Waals surface area contributed by atoms with Gasteiger partial charge >= 0.3 is 5.97 Å². The highest BCUT2D eigenvalue weighted by Crippen LogP contribution is 2.22. The van der Waals surface area contributed by atoms with Crippen LogP contribution in [0.3, 0.4) is 0 Å². The molecule has 0 aliphatic carbocycles. The Kier molecular flexibility index (Phi) is 5.17. The third kappa shape index (κ3) is 4.50. The van der Waals surface area contributed by atoms with E-state index in [0.29, 0.717) is 5.75 Å². The summed E-state index contributed by atoms with van der Waals surface area (Å²) in [5, 5.41) is 11.5. The maximum atomic E-state index is 11.5. The number of carbonyl (C=O) groups excluding carboxylic acids is 1. The second-order valence-electron chi connectivity index (χ2n) is 4.22. The van der Waals surface area contributed by atoms with Crippen molar-refractivity contribution in [3.05, 3.63) is 23.8 Å². The van der Waals surface area contributed by atoms with Crippen LogP contribution in [0, 0.1) is 0 Å². The Morgan fingerprint density at radius 1 is 1.47 bits per heavy atom. The molecule has 0 spiro atoms. The van der Waals surface area contributed by atoms with Crippen LogP contribution < -0.4 is 15.8 Å². The number of aromatic carboxylic acids is 1. The number of nitrogen functional groups attached to an aromatic ring is 1. The Morgan fingerprint density at radius 3 is 2.68 bits per heavy atom. The Bertz CT molecular complexity index is 474. The van der Waals surface area contributed by atoms with Crippen molar-refractivity contribution in [2.45, 2.75) is 26.3 Å². The Balaban J connectivity index is 2.59. The number of rotatable bonds is 6. The summed E-state index contributed by atoms with van der Waals surface area (Å²) in [5.41, 5.74) is 5.92. The summed E-state index contributed by atoms with van der Waals surface area (Å²) in [6.07, 6.45) is 0.835. The Morgan fingerprint density at radius 2 is 2.16 bits per heavy atom. The molecule has 0 heterocycles. The highest BCUT2D eigenvalue weighted by atomic mass is 16.5. The molecule has 4 N–H and O–H groups in total. The molecule has 1 atom stereocenters. The van der Waals surface area contributed by atoms with E-state index in [1.165, 1.54) is 18.2 Å². The van der Waals surface area contributed by atoms with Crippen LogP contribution in [-0.4, -0.2) is 29.6 Å². The minimum Gasteiger partial charge on any atom is -0.482 e. The van der Waals surface area contributed by atoms with Crippen LogP contribution >= 0.6 is 0 Å². The zero-order chi connectivity index (χ0) is 14.4. The molecule has 0 bridgehead atoms. The summed E-state index contributed by atoms with van der Waals surface area (Å²) in [7, 11) is 0. The second kappa shape index (κ2) is 6.63. The minimum atomic E-state index is -1.06. The van der Waals surface area contributed by atoms with Gasteiger partial charge in [0.05, 0.1) is 11.3 Å². The zero-order valence-electron chi connectivity index (χ0n) is 11.0. The molecule has 1 aromatic rings. The van der Waals surface area contributed by atoms with Crippen LogP contribution in [0.1, 0.15) is 30.6 Å². The quantitative estimate of drug-likeness (QED) is 0.673. The second-order valence-corrected chi connectivity index (χ2v) is 4.22. The lowest BCUT2D eigenvalue weighted by molar-refractivity contribution is -0.123. The van der Waals surface area contributed by atoms with Crippen molar-refractivity contribution in [1.29, 1.82) is 0 Å². The van der Waals surface area contributed by atoms with Gasteiger partial charge in [-0.05, 0) is 31.5 Å². The van der Waals surface area contributed by atoms with Gasteiger partial charge in [0.2, 0.25) is 0 Å². The van der Waals surface area contributed by atoms with Crippen molar-refractivity contribution in [1.82, 2.24) is 5.32 Å². The normalized spacial score (nSPS) is 11.7. The van der Waals surface area contributed by atoms with Crippen molar-refractivity contribution >= 4 is 17.6 Å². The van der Waals surface area contributed by atoms with Crippen LogP contribution in [0.25, 0.3) is 0 Å². The lowest BCUT2D eigenvalue weighted by atomic mass is 10.2. The number of amides is 1. The third-order valence-electron chi connectivity index (χ3n) is 2.64. The molecular weight excluding hydrogens is 248 g/mol. The van der Waals surface area contributed by atoms with E-state index in [4.69, 9.17) is 15.6 Å². The number of carboxylic acid groups (broad SMARTS) is 1. The zero-order valence-corrected chi connectivity index (χ0v) is 11.0. The first-order valence-electron chi connectivity index (χ1n) is 5.99. The number of carbonyl (C=O) groups is 2. The van der Waals surface area contributed by atoms with Crippen molar-refractivity contribution in [3.8, 4) is 5.75 Å². The summed E-state index contributed by atoms with van der Waals surface area (Å²) < 4.78 is 5.25. The molecule has 1 rings (SSSR count). The molecule has 0 radical (unpaired) electrons. The standard InChI is InChI=1S/C13H18N2O4/c1-3-8(2)15-12(16)7-19-11-5-4-9(13(17)18)6-10(11)14/h4-6,8H,3,7,14H2,1-2H3,(H,15,16)(H,17,18). The van der Waals surface area contributed by atoms with Crippen molar-refractivity contribution in [2.75, 3.05) is 12.3 Å². The summed E-state index contributed by atoms with van der Waals surface area (Å²) in [5.74, 6) is -1.01. The summed E-state index contributed by atoms with van der Waals surface area (Å²) >= 11 is 0. The van der Waals surface area contributed by atoms with Gasteiger partial charge in [0.15, 0.2) is 6.61 Å². The maximum Gasteiger partial charge on any atom is 0.335 e. The highest BCUT2D eigenvalue weighted by Gasteiger charge is 2.10. The first-order chi connectivity index (χ1) is 8.93. The predicted molar refractivity (Wildman–Crippen MR) is 71.2 cm³/mol. The molecule has 104 valence electrons. The fourth-order valence-electron chi connectivity index (χ4n) is 1.37. The molecule has 19 heavy (non-hydrogen) atoms. The summed E-state index contributed by atoms with van der Waals surface area (Å²) in [4.78, 5) is 22.2.